The van der Waals surface area contributed by atoms with Crippen molar-refractivity contribution in [3.8, 4) is 0 Å². The molecule has 1 aliphatic rings. The minimum absolute atomic E-state index is 0.165. The largest absolute Gasteiger partial charge is 0.462 e. The van der Waals surface area contributed by atoms with E-state index in [-0.39, 0.29) is 11.9 Å². The van der Waals surface area contributed by atoms with Crippen molar-refractivity contribution >= 4 is 23.4 Å². The lowest BCUT2D eigenvalue weighted by atomic mass is 10.1. The van der Waals surface area contributed by atoms with Crippen LogP contribution in [0.5, 0.6) is 0 Å². The Morgan fingerprint density at radius 1 is 1.47 bits per heavy atom. The molecule has 1 atom stereocenters. The van der Waals surface area contributed by atoms with E-state index in [1.165, 1.54) is 0 Å². The fourth-order valence-corrected chi connectivity index (χ4v) is 2.17. The van der Waals surface area contributed by atoms with E-state index < -0.39 is 11.9 Å². The normalized spacial score (nSPS) is 18.4. The van der Waals surface area contributed by atoms with Crippen LogP contribution in [0.4, 0.5) is 0 Å². The Balaban J connectivity index is 2.22. The first-order valence-corrected chi connectivity index (χ1v) is 5.90. The molecule has 3 nitrogen and oxygen atoms in total. The van der Waals surface area contributed by atoms with Gasteiger partial charge in [-0.25, -0.2) is 0 Å². The minimum atomic E-state index is -0.703. The summed E-state index contributed by atoms with van der Waals surface area (Å²) in [7, 11) is 0. The van der Waals surface area contributed by atoms with Gasteiger partial charge in [0.1, 0.15) is 5.92 Å². The van der Waals surface area contributed by atoms with Gasteiger partial charge in [-0.2, -0.15) is 0 Å². The molecular weight excluding hydrogens is 240 g/mol. The number of rotatable bonds is 2. The summed E-state index contributed by atoms with van der Waals surface area (Å²) in [6.45, 7) is 3.53. The van der Waals surface area contributed by atoms with Crippen LogP contribution < -0.4 is 0 Å². The molecule has 0 bridgehead atoms. The zero-order chi connectivity index (χ0) is 12.6. The van der Waals surface area contributed by atoms with Gasteiger partial charge in [-0.15, -0.1) is 0 Å². The quantitative estimate of drug-likeness (QED) is 0.600. The molecule has 1 aromatic carbocycles. The number of hydrogen-bond donors (Lipinski definition) is 0. The second-order valence-corrected chi connectivity index (χ2v) is 4.84. The summed E-state index contributed by atoms with van der Waals surface area (Å²) in [5.74, 6) is -1.31. The number of hydrogen-bond acceptors (Lipinski definition) is 3. The Bertz CT molecular complexity index is 480. The highest BCUT2D eigenvalue weighted by Crippen LogP contribution is 2.29. The average molecular weight is 253 g/mol. The fourth-order valence-electron chi connectivity index (χ4n) is 1.98. The average Bonchev–Trinajstić information content (AvgIpc) is 2.54. The number of benzene rings is 1. The van der Waals surface area contributed by atoms with E-state index in [1.54, 1.807) is 32.0 Å². The standard InChI is InChI=1S/C13H13ClO3/c1-7(2)17-13(16)11-6-8-5-9(14)3-4-10(8)12(11)15/h3-5,7,11H,6H2,1-2H3. The van der Waals surface area contributed by atoms with Gasteiger partial charge in [0, 0.05) is 10.6 Å². The molecule has 0 fully saturated rings. The van der Waals surface area contributed by atoms with Crippen LogP contribution in [0.15, 0.2) is 18.2 Å². The van der Waals surface area contributed by atoms with Gasteiger partial charge in [0.25, 0.3) is 0 Å². The zero-order valence-corrected chi connectivity index (χ0v) is 10.5. The SMILES string of the molecule is CC(C)OC(=O)C1Cc2cc(Cl)ccc2C1=O. The molecule has 0 spiro atoms. The van der Waals surface area contributed by atoms with E-state index in [4.69, 9.17) is 16.3 Å². The summed E-state index contributed by atoms with van der Waals surface area (Å²) in [5, 5.41) is 0.578. The molecule has 90 valence electrons. The van der Waals surface area contributed by atoms with Crippen LogP contribution in [-0.4, -0.2) is 17.9 Å². The third-order valence-corrected chi connectivity index (χ3v) is 2.94. The van der Waals surface area contributed by atoms with Gasteiger partial charge in [0.05, 0.1) is 6.10 Å². The number of halogens is 1. The Kier molecular flexibility index (Phi) is 3.20. The van der Waals surface area contributed by atoms with Crippen molar-refractivity contribution in [1.82, 2.24) is 0 Å². The first-order valence-electron chi connectivity index (χ1n) is 5.52. The second kappa shape index (κ2) is 4.49. The molecule has 2 rings (SSSR count). The molecule has 1 unspecified atom stereocenters. The van der Waals surface area contributed by atoms with Gasteiger partial charge < -0.3 is 4.74 Å². The Morgan fingerprint density at radius 2 is 2.18 bits per heavy atom. The van der Waals surface area contributed by atoms with Gasteiger partial charge in [-0.1, -0.05) is 11.6 Å². The molecule has 0 saturated carbocycles. The molecule has 4 heteroatoms. The number of ether oxygens (including phenoxy) is 1. The van der Waals surface area contributed by atoms with Crippen molar-refractivity contribution in [2.24, 2.45) is 5.92 Å². The summed E-state index contributed by atoms with van der Waals surface area (Å²) >= 11 is 5.86. The van der Waals surface area contributed by atoms with E-state index in [0.29, 0.717) is 17.0 Å². The summed E-state index contributed by atoms with van der Waals surface area (Å²) in [4.78, 5) is 23.7. The lowest BCUT2D eigenvalue weighted by Crippen LogP contribution is -2.25. The summed E-state index contributed by atoms with van der Waals surface area (Å²) in [6.07, 6.45) is 0.183. The van der Waals surface area contributed by atoms with E-state index in [2.05, 4.69) is 0 Å². The molecule has 0 saturated heterocycles. The van der Waals surface area contributed by atoms with Crippen LogP contribution >= 0.6 is 11.6 Å². The Labute approximate surface area is 105 Å². The van der Waals surface area contributed by atoms with Gasteiger partial charge in [0.2, 0.25) is 0 Å². The molecule has 0 N–H and O–H groups in total. The number of Topliss-reactive ketones (excluding diaryl/α,β-unsaturated/α-hetero) is 1. The van der Waals surface area contributed by atoms with Crippen LogP contribution in [0.25, 0.3) is 0 Å². The summed E-state index contributed by atoms with van der Waals surface area (Å²) in [6, 6.07) is 5.06. The maximum atomic E-state index is 12.0. The molecule has 0 aromatic heterocycles. The molecule has 1 aromatic rings. The highest BCUT2D eigenvalue weighted by Gasteiger charge is 2.37. The van der Waals surface area contributed by atoms with Gasteiger partial charge in [-0.05, 0) is 44.0 Å². The lowest BCUT2D eigenvalue weighted by Gasteiger charge is -2.11. The second-order valence-electron chi connectivity index (χ2n) is 4.41. The number of fused-ring (bicyclic) bond motifs is 1. The molecular formula is C13H13ClO3. The van der Waals surface area contributed by atoms with Crippen molar-refractivity contribution in [3.63, 3.8) is 0 Å². The molecule has 0 amide bonds. The van der Waals surface area contributed by atoms with E-state index in [1.807, 2.05) is 0 Å². The minimum Gasteiger partial charge on any atom is -0.462 e. The lowest BCUT2D eigenvalue weighted by molar-refractivity contribution is -0.150. The molecule has 0 heterocycles. The smallest absolute Gasteiger partial charge is 0.317 e. The van der Waals surface area contributed by atoms with Crippen molar-refractivity contribution < 1.29 is 14.3 Å². The highest BCUT2D eigenvalue weighted by molar-refractivity contribution is 6.31. The third kappa shape index (κ3) is 2.34. The maximum absolute atomic E-state index is 12.0. The number of esters is 1. The topological polar surface area (TPSA) is 43.4 Å². The zero-order valence-electron chi connectivity index (χ0n) is 9.70. The first-order chi connectivity index (χ1) is 7.99. The molecule has 0 aliphatic heterocycles. The van der Waals surface area contributed by atoms with Crippen molar-refractivity contribution in [2.75, 3.05) is 0 Å². The first kappa shape index (κ1) is 12.1. The number of carbonyl (C=O) groups excluding carboxylic acids is 2. The predicted molar refractivity (Wildman–Crippen MR) is 64.2 cm³/mol. The van der Waals surface area contributed by atoms with Crippen molar-refractivity contribution in [3.05, 3.63) is 34.3 Å². The summed E-state index contributed by atoms with van der Waals surface area (Å²) < 4.78 is 5.07. The number of carbonyl (C=O) groups is 2. The maximum Gasteiger partial charge on any atom is 0.317 e. The van der Waals surface area contributed by atoms with E-state index in [0.717, 1.165) is 5.56 Å². The monoisotopic (exact) mass is 252 g/mol. The van der Waals surface area contributed by atoms with Crippen molar-refractivity contribution in [1.29, 1.82) is 0 Å². The van der Waals surface area contributed by atoms with E-state index in [9.17, 15) is 9.59 Å². The highest BCUT2D eigenvalue weighted by atomic mass is 35.5. The van der Waals surface area contributed by atoms with Crippen LogP contribution in [0, 0.1) is 5.92 Å². The molecule has 1 aliphatic carbocycles. The number of ketones is 1. The van der Waals surface area contributed by atoms with Crippen LogP contribution in [0.3, 0.4) is 0 Å². The molecule has 17 heavy (non-hydrogen) atoms. The van der Waals surface area contributed by atoms with Crippen LogP contribution in [-0.2, 0) is 16.0 Å². The van der Waals surface area contributed by atoms with Gasteiger partial charge >= 0.3 is 5.97 Å². The summed E-state index contributed by atoms with van der Waals surface area (Å²) in [5.41, 5.74) is 1.41. The van der Waals surface area contributed by atoms with Gasteiger partial charge in [-0.3, -0.25) is 9.59 Å². The predicted octanol–water partition coefficient (Wildman–Crippen LogP) is 2.65. The third-order valence-electron chi connectivity index (χ3n) is 2.71. The van der Waals surface area contributed by atoms with Crippen LogP contribution in [0.2, 0.25) is 5.02 Å². The Morgan fingerprint density at radius 3 is 2.82 bits per heavy atom. The van der Waals surface area contributed by atoms with E-state index >= 15 is 0 Å². The molecule has 0 radical (unpaired) electrons. The van der Waals surface area contributed by atoms with Crippen LogP contribution in [0.1, 0.15) is 29.8 Å². The van der Waals surface area contributed by atoms with Crippen molar-refractivity contribution in [2.45, 2.75) is 26.4 Å². The Hall–Kier alpha value is -1.35. The fraction of sp³-hybridized carbons (Fsp3) is 0.385. The van der Waals surface area contributed by atoms with Gasteiger partial charge in [0.15, 0.2) is 5.78 Å².